The molecule has 4 N–H and O–H groups in total. The van der Waals surface area contributed by atoms with E-state index in [1.165, 1.54) is 0 Å². The number of aryl methyl sites for hydroxylation is 2. The van der Waals surface area contributed by atoms with Gasteiger partial charge >= 0.3 is 6.03 Å². The van der Waals surface area contributed by atoms with Crippen LogP contribution in [0.1, 0.15) is 17.7 Å². The van der Waals surface area contributed by atoms with Gasteiger partial charge in [-0.25, -0.2) is 14.8 Å². The minimum Gasteiger partial charge on any atom is -0.493 e. The molecule has 1 aromatic carbocycles. The maximum absolute atomic E-state index is 12.2. The van der Waals surface area contributed by atoms with Crippen LogP contribution in [0.5, 0.6) is 11.5 Å². The predicted molar refractivity (Wildman–Crippen MR) is 119 cm³/mol. The highest BCUT2D eigenvalue weighted by molar-refractivity contribution is 5.89. The second-order valence-electron chi connectivity index (χ2n) is 7.02. The lowest BCUT2D eigenvalue weighted by molar-refractivity contribution is 0.251. The zero-order chi connectivity index (χ0) is 22.1. The molecule has 2 aromatic heterocycles. The number of anilines is 2. The highest BCUT2D eigenvalue weighted by atomic mass is 16.5. The molecule has 0 saturated carbocycles. The van der Waals surface area contributed by atoms with E-state index < -0.39 is 0 Å². The quantitative estimate of drug-likeness (QED) is 0.431. The summed E-state index contributed by atoms with van der Waals surface area (Å²) in [6, 6.07) is 8.73. The van der Waals surface area contributed by atoms with Crippen LogP contribution in [0.3, 0.4) is 0 Å². The van der Waals surface area contributed by atoms with Crippen molar-refractivity contribution in [2.24, 2.45) is 0 Å². The summed E-state index contributed by atoms with van der Waals surface area (Å²) in [5, 5.41) is 5.66. The summed E-state index contributed by atoms with van der Waals surface area (Å²) in [7, 11) is 1.56. The van der Waals surface area contributed by atoms with E-state index in [1.54, 1.807) is 37.8 Å². The summed E-state index contributed by atoms with van der Waals surface area (Å²) in [5.41, 5.74) is 8.46. The molecule has 164 valence electrons. The Morgan fingerprint density at radius 1 is 1.23 bits per heavy atom. The number of nitrogens with zero attached hydrogens (tertiary/aromatic N) is 3. The van der Waals surface area contributed by atoms with Crippen molar-refractivity contribution in [3.05, 3.63) is 60.3 Å². The average molecular weight is 425 g/mol. The van der Waals surface area contributed by atoms with Gasteiger partial charge in [0.1, 0.15) is 5.82 Å². The highest BCUT2D eigenvalue weighted by Crippen LogP contribution is 2.30. The number of nitrogens with two attached hydrogens (primary N) is 1. The van der Waals surface area contributed by atoms with Crippen molar-refractivity contribution in [3.8, 4) is 11.5 Å². The van der Waals surface area contributed by atoms with Crippen molar-refractivity contribution in [2.75, 3.05) is 31.3 Å². The molecule has 0 atom stereocenters. The number of rotatable bonds is 10. The molecule has 9 nitrogen and oxygen atoms in total. The smallest absolute Gasteiger partial charge is 0.319 e. The second kappa shape index (κ2) is 10.9. The molecule has 0 bridgehead atoms. The molecular formula is C22H28N6O3. The zero-order valence-electron chi connectivity index (χ0n) is 17.8. The molecule has 9 heteroatoms. The van der Waals surface area contributed by atoms with E-state index in [4.69, 9.17) is 15.2 Å². The van der Waals surface area contributed by atoms with E-state index in [0.29, 0.717) is 42.6 Å². The van der Waals surface area contributed by atoms with Crippen molar-refractivity contribution in [1.29, 1.82) is 0 Å². The number of amides is 2. The number of nitrogen functional groups attached to an aromatic ring is 1. The molecule has 31 heavy (non-hydrogen) atoms. The summed E-state index contributed by atoms with van der Waals surface area (Å²) in [5.74, 6) is 1.63. The van der Waals surface area contributed by atoms with Gasteiger partial charge in [0, 0.05) is 49.4 Å². The van der Waals surface area contributed by atoms with Crippen LogP contribution in [0.2, 0.25) is 0 Å². The molecule has 0 radical (unpaired) electrons. The number of carbonyl (C=O) groups is 1. The maximum Gasteiger partial charge on any atom is 0.319 e. The first-order valence-corrected chi connectivity index (χ1v) is 10.1. The van der Waals surface area contributed by atoms with Crippen molar-refractivity contribution < 1.29 is 14.3 Å². The van der Waals surface area contributed by atoms with Gasteiger partial charge in [0.15, 0.2) is 11.5 Å². The lowest BCUT2D eigenvalue weighted by Crippen LogP contribution is -2.30. The third-order valence-electron chi connectivity index (χ3n) is 4.70. The summed E-state index contributed by atoms with van der Waals surface area (Å²) >= 11 is 0. The van der Waals surface area contributed by atoms with Gasteiger partial charge in [-0.05, 0) is 43.2 Å². The molecule has 2 amide bonds. The van der Waals surface area contributed by atoms with Gasteiger partial charge < -0.3 is 30.4 Å². The summed E-state index contributed by atoms with van der Waals surface area (Å²) in [6.07, 6.45) is 6.78. The molecule has 3 aromatic rings. The fourth-order valence-corrected chi connectivity index (χ4v) is 3.04. The van der Waals surface area contributed by atoms with E-state index in [-0.39, 0.29) is 6.03 Å². The molecule has 0 aliphatic rings. The fraction of sp³-hybridized carbons (Fsp3) is 0.318. The van der Waals surface area contributed by atoms with Gasteiger partial charge in [0.05, 0.1) is 20.0 Å². The van der Waals surface area contributed by atoms with E-state index in [0.717, 1.165) is 24.2 Å². The summed E-state index contributed by atoms with van der Waals surface area (Å²) in [4.78, 5) is 20.2. The second-order valence-corrected chi connectivity index (χ2v) is 7.02. The van der Waals surface area contributed by atoms with Crippen LogP contribution in [0.15, 0.2) is 49.1 Å². The number of pyridine rings is 1. The number of carbonyl (C=O) groups excluding carboxylic acids is 1. The Morgan fingerprint density at radius 2 is 2.10 bits per heavy atom. The van der Waals surface area contributed by atoms with Gasteiger partial charge in [-0.3, -0.25) is 0 Å². The normalized spacial score (nSPS) is 10.5. The number of hydrogen-bond acceptors (Lipinski definition) is 6. The Balaban J connectivity index is 1.44. The zero-order valence-corrected chi connectivity index (χ0v) is 17.8. The van der Waals surface area contributed by atoms with E-state index in [9.17, 15) is 4.79 Å². The number of urea groups is 1. The number of benzene rings is 1. The topological polar surface area (TPSA) is 116 Å². The molecule has 0 unspecified atom stereocenters. The molecule has 0 fully saturated rings. The number of ether oxygens (including phenoxy) is 2. The number of aromatic nitrogens is 3. The Bertz CT molecular complexity index is 1000. The maximum atomic E-state index is 12.2. The Kier molecular flexibility index (Phi) is 7.69. The van der Waals surface area contributed by atoms with E-state index >= 15 is 0 Å². The third-order valence-corrected chi connectivity index (χ3v) is 4.70. The highest BCUT2D eigenvalue weighted by Gasteiger charge is 2.08. The van der Waals surface area contributed by atoms with Gasteiger partial charge in [-0.15, -0.1) is 0 Å². The lowest BCUT2D eigenvalue weighted by Gasteiger charge is -2.13. The largest absolute Gasteiger partial charge is 0.493 e. The van der Waals surface area contributed by atoms with Gasteiger partial charge in [0.2, 0.25) is 0 Å². The Morgan fingerprint density at radius 3 is 2.84 bits per heavy atom. The standard InChI is InChI=1S/C22H28N6O3/c1-16-14-24-15-28(16)10-3-8-26-22(29)27-18-4-5-19(20(13-18)30-2)31-11-7-17-6-9-25-21(23)12-17/h4-6,9,12-15H,3,7-8,10-11H2,1-2H3,(H2,23,25)(H2,26,27,29). The van der Waals surface area contributed by atoms with E-state index in [1.807, 2.05) is 29.8 Å². The van der Waals surface area contributed by atoms with Crippen LogP contribution in [0.4, 0.5) is 16.3 Å². The van der Waals surface area contributed by atoms with Crippen LogP contribution in [0.25, 0.3) is 0 Å². The number of hydrogen-bond donors (Lipinski definition) is 3. The first kappa shape index (κ1) is 21.9. The molecule has 0 spiro atoms. The van der Waals surface area contributed by atoms with Crippen molar-refractivity contribution >= 4 is 17.5 Å². The minimum absolute atomic E-state index is 0.270. The Labute approximate surface area is 181 Å². The summed E-state index contributed by atoms with van der Waals surface area (Å²) in [6.45, 7) is 3.83. The van der Waals surface area contributed by atoms with E-state index in [2.05, 4.69) is 20.6 Å². The predicted octanol–water partition coefficient (Wildman–Crippen LogP) is 3.01. The molecule has 0 saturated heterocycles. The third kappa shape index (κ3) is 6.63. The molecule has 0 aliphatic carbocycles. The van der Waals surface area contributed by atoms with Crippen molar-refractivity contribution in [1.82, 2.24) is 19.9 Å². The molecule has 3 rings (SSSR count). The van der Waals surface area contributed by atoms with Crippen LogP contribution in [0, 0.1) is 6.92 Å². The number of methoxy groups -OCH3 is 1. The van der Waals surface area contributed by atoms with Crippen LogP contribution in [-0.2, 0) is 13.0 Å². The average Bonchev–Trinajstić information content (AvgIpc) is 3.17. The minimum atomic E-state index is -0.270. The lowest BCUT2D eigenvalue weighted by atomic mass is 10.2. The SMILES string of the molecule is COc1cc(NC(=O)NCCCn2cncc2C)ccc1OCCc1ccnc(N)c1. The molecular weight excluding hydrogens is 396 g/mol. The first-order chi connectivity index (χ1) is 15.0. The van der Waals surface area contributed by atoms with Gasteiger partial charge in [-0.2, -0.15) is 0 Å². The fourth-order valence-electron chi connectivity index (χ4n) is 3.04. The molecule has 2 heterocycles. The van der Waals surface area contributed by atoms with Gasteiger partial charge in [0.25, 0.3) is 0 Å². The van der Waals surface area contributed by atoms with Crippen molar-refractivity contribution in [3.63, 3.8) is 0 Å². The Hall–Kier alpha value is -3.75. The number of imidazole rings is 1. The van der Waals surface area contributed by atoms with Crippen LogP contribution >= 0.6 is 0 Å². The van der Waals surface area contributed by atoms with Crippen LogP contribution in [-0.4, -0.2) is 40.8 Å². The summed E-state index contributed by atoms with van der Waals surface area (Å²) < 4.78 is 13.3. The van der Waals surface area contributed by atoms with Gasteiger partial charge in [-0.1, -0.05) is 0 Å². The molecule has 0 aliphatic heterocycles. The number of nitrogens with one attached hydrogen (secondary N) is 2. The monoisotopic (exact) mass is 424 g/mol. The van der Waals surface area contributed by atoms with Crippen LogP contribution < -0.4 is 25.8 Å². The van der Waals surface area contributed by atoms with Crippen molar-refractivity contribution in [2.45, 2.75) is 26.3 Å². The first-order valence-electron chi connectivity index (χ1n) is 10.1.